The lowest BCUT2D eigenvalue weighted by Crippen LogP contribution is -2.67. The number of para-hydroxylation sites is 1. The van der Waals surface area contributed by atoms with E-state index in [2.05, 4.69) is 15.6 Å². The number of aromatic hydroxyl groups is 1. The number of piperazine rings is 1. The number of rotatable bonds is 9. The van der Waals surface area contributed by atoms with Crippen molar-refractivity contribution < 1.29 is 24.2 Å². The van der Waals surface area contributed by atoms with Crippen LogP contribution in [0.4, 0.5) is 0 Å². The summed E-state index contributed by atoms with van der Waals surface area (Å²) in [5.41, 5.74) is 11.1. The first-order valence-electron chi connectivity index (χ1n) is 10.7. The average Bonchev–Trinajstić information content (AvgIpc) is 3.27. The first-order chi connectivity index (χ1) is 15.4. The fourth-order valence-electron chi connectivity index (χ4n) is 3.85. The molecule has 2 aliphatic heterocycles. The van der Waals surface area contributed by atoms with Crippen LogP contribution in [0.15, 0.2) is 29.3 Å². The van der Waals surface area contributed by atoms with Gasteiger partial charge in [-0.2, -0.15) is 0 Å². The predicted molar refractivity (Wildman–Crippen MR) is 116 cm³/mol. The third kappa shape index (κ3) is 5.88. The van der Waals surface area contributed by atoms with E-state index in [0.717, 1.165) is 12.8 Å². The fourth-order valence-corrected chi connectivity index (χ4v) is 3.85. The Bertz CT molecular complexity index is 866. The maximum Gasteiger partial charge on any atom is 0.253 e. The second kappa shape index (κ2) is 10.8. The van der Waals surface area contributed by atoms with Crippen LogP contribution in [0.2, 0.25) is 0 Å². The van der Waals surface area contributed by atoms with Gasteiger partial charge in [0, 0.05) is 25.3 Å². The van der Waals surface area contributed by atoms with E-state index in [0.29, 0.717) is 31.6 Å². The first kappa shape index (κ1) is 23.3. The van der Waals surface area contributed by atoms with Crippen LogP contribution in [0.5, 0.6) is 5.75 Å². The minimum absolute atomic E-state index is 0.0193. The molecule has 0 aromatic heterocycles. The summed E-state index contributed by atoms with van der Waals surface area (Å²) >= 11 is 0. The monoisotopic (exact) mass is 446 g/mol. The number of phenols is 1. The van der Waals surface area contributed by atoms with E-state index in [4.69, 9.17) is 16.2 Å². The molecule has 2 aliphatic rings. The normalized spacial score (nSPS) is 23.0. The zero-order chi connectivity index (χ0) is 23.1. The van der Waals surface area contributed by atoms with E-state index in [1.165, 1.54) is 11.0 Å². The molecule has 0 radical (unpaired) electrons. The Balaban J connectivity index is 1.75. The molecule has 2 heterocycles. The lowest BCUT2D eigenvalue weighted by molar-refractivity contribution is -0.155. The van der Waals surface area contributed by atoms with Crippen LogP contribution in [-0.4, -0.2) is 71.6 Å². The molecule has 11 nitrogen and oxygen atoms in total. The minimum atomic E-state index is -1.35. The Labute approximate surface area is 186 Å². The molecule has 2 saturated heterocycles. The number of nitrogens with two attached hydrogens (primary N) is 2. The Morgan fingerprint density at radius 1 is 1.31 bits per heavy atom. The summed E-state index contributed by atoms with van der Waals surface area (Å²) < 4.78 is 5.51. The molecule has 0 saturated carbocycles. The van der Waals surface area contributed by atoms with Crippen molar-refractivity contribution >= 4 is 23.7 Å². The Morgan fingerprint density at radius 3 is 2.78 bits per heavy atom. The number of hydrogen-bond donors (Lipinski definition) is 5. The molecule has 2 fully saturated rings. The number of phenolic OH excluding ortho intramolecular Hbond substituents is 1. The zero-order valence-corrected chi connectivity index (χ0v) is 17.8. The quantitative estimate of drug-likeness (QED) is 0.139. The van der Waals surface area contributed by atoms with Crippen LogP contribution >= 0.6 is 0 Å². The molecule has 0 spiro atoms. The van der Waals surface area contributed by atoms with Crippen molar-refractivity contribution in [2.75, 3.05) is 19.7 Å². The molecule has 0 bridgehead atoms. The number of ether oxygens (including phenoxy) is 1. The van der Waals surface area contributed by atoms with Gasteiger partial charge in [-0.25, -0.2) is 0 Å². The summed E-state index contributed by atoms with van der Waals surface area (Å²) in [7, 11) is 0. The zero-order valence-electron chi connectivity index (χ0n) is 17.8. The number of nitrogens with zero attached hydrogens (tertiary/aromatic N) is 2. The maximum absolute atomic E-state index is 13.2. The van der Waals surface area contributed by atoms with Gasteiger partial charge in [0.1, 0.15) is 11.8 Å². The lowest BCUT2D eigenvalue weighted by Gasteiger charge is -2.38. The van der Waals surface area contributed by atoms with Crippen molar-refractivity contribution in [1.82, 2.24) is 15.5 Å². The van der Waals surface area contributed by atoms with E-state index in [1.807, 2.05) is 0 Å². The van der Waals surface area contributed by atoms with E-state index >= 15 is 0 Å². The Hall–Kier alpha value is -3.34. The van der Waals surface area contributed by atoms with E-state index in [9.17, 15) is 19.5 Å². The number of amides is 3. The molecule has 0 aliphatic carbocycles. The van der Waals surface area contributed by atoms with Gasteiger partial charge in [0.2, 0.25) is 5.91 Å². The van der Waals surface area contributed by atoms with E-state index in [-0.39, 0.29) is 30.9 Å². The number of hydrogen-bond acceptors (Lipinski definition) is 6. The van der Waals surface area contributed by atoms with Gasteiger partial charge < -0.3 is 36.8 Å². The van der Waals surface area contributed by atoms with Crippen molar-refractivity contribution in [1.29, 1.82) is 0 Å². The first-order valence-corrected chi connectivity index (χ1v) is 10.7. The molecule has 7 N–H and O–H groups in total. The molecule has 32 heavy (non-hydrogen) atoms. The smallest absolute Gasteiger partial charge is 0.253 e. The highest BCUT2D eigenvalue weighted by Crippen LogP contribution is 2.23. The molecule has 1 aromatic carbocycles. The third-order valence-corrected chi connectivity index (χ3v) is 5.51. The molecule has 1 aromatic rings. The highest BCUT2D eigenvalue weighted by molar-refractivity contribution is 6.10. The molecule has 174 valence electrons. The molecule has 3 rings (SSSR count). The predicted octanol–water partition coefficient (Wildman–Crippen LogP) is -1.06. The van der Waals surface area contributed by atoms with Gasteiger partial charge in [-0.1, -0.05) is 18.2 Å². The highest BCUT2D eigenvalue weighted by Gasteiger charge is 2.44. The summed E-state index contributed by atoms with van der Waals surface area (Å²) in [5, 5.41) is 15.5. The van der Waals surface area contributed by atoms with Crippen LogP contribution in [0.1, 0.15) is 31.2 Å². The van der Waals surface area contributed by atoms with E-state index in [1.54, 1.807) is 18.2 Å². The molecule has 11 heteroatoms. The fraction of sp³-hybridized carbons (Fsp3) is 0.524. The number of guanidine groups is 1. The summed E-state index contributed by atoms with van der Waals surface area (Å²) in [5.74, 6) is -1.63. The Kier molecular flexibility index (Phi) is 7.87. The van der Waals surface area contributed by atoms with Crippen LogP contribution in [0.3, 0.4) is 0 Å². The van der Waals surface area contributed by atoms with Crippen LogP contribution in [-0.2, 0) is 25.7 Å². The molecular formula is C21H30N6O5. The number of carbonyl (C=O) groups is 3. The molecule has 3 amide bonds. The second-order valence-electron chi connectivity index (χ2n) is 7.89. The van der Waals surface area contributed by atoms with Gasteiger partial charge in [-0.05, 0) is 31.7 Å². The standard InChI is InChI=1S/C21H30N6O5/c22-21(23)24-9-3-7-15-20(31)27(12-13-5-1-2-8-16(13)28)17(19(30)26-15)18(29)25-11-14-6-4-10-32-14/h1-2,5,8,14-15,17,28H,3-4,6-7,9-12H2,(H,25,29)(H,26,30)(H4,22,23,24). The third-order valence-electron chi connectivity index (χ3n) is 5.51. The van der Waals surface area contributed by atoms with Crippen molar-refractivity contribution in [3.63, 3.8) is 0 Å². The number of carbonyl (C=O) groups excluding carboxylic acids is 3. The van der Waals surface area contributed by atoms with Gasteiger partial charge in [0.25, 0.3) is 11.8 Å². The largest absolute Gasteiger partial charge is 0.508 e. The molecular weight excluding hydrogens is 416 g/mol. The lowest BCUT2D eigenvalue weighted by atomic mass is 10.0. The van der Waals surface area contributed by atoms with Crippen molar-refractivity contribution in [3.05, 3.63) is 29.8 Å². The topological polar surface area (TPSA) is 172 Å². The van der Waals surface area contributed by atoms with Gasteiger partial charge in [0.15, 0.2) is 12.0 Å². The second-order valence-corrected chi connectivity index (χ2v) is 7.89. The number of nitrogens with one attached hydrogen (secondary N) is 2. The van der Waals surface area contributed by atoms with Gasteiger partial charge >= 0.3 is 0 Å². The minimum Gasteiger partial charge on any atom is -0.508 e. The summed E-state index contributed by atoms with van der Waals surface area (Å²) in [4.78, 5) is 44.1. The van der Waals surface area contributed by atoms with Crippen molar-refractivity contribution in [2.45, 2.75) is 50.4 Å². The van der Waals surface area contributed by atoms with E-state index < -0.39 is 29.8 Å². The van der Waals surface area contributed by atoms with Crippen LogP contribution in [0.25, 0.3) is 0 Å². The molecule has 3 atom stereocenters. The highest BCUT2D eigenvalue weighted by atomic mass is 16.5. The average molecular weight is 447 g/mol. The summed E-state index contributed by atoms with van der Waals surface area (Å²) in [6, 6.07) is 4.33. The van der Waals surface area contributed by atoms with Crippen LogP contribution in [0, 0.1) is 0 Å². The van der Waals surface area contributed by atoms with Gasteiger partial charge in [-0.3, -0.25) is 19.4 Å². The van der Waals surface area contributed by atoms with Gasteiger partial charge in [-0.15, -0.1) is 0 Å². The number of aliphatic imine (C=N–C) groups is 1. The number of benzene rings is 1. The Morgan fingerprint density at radius 2 is 2.09 bits per heavy atom. The van der Waals surface area contributed by atoms with Crippen molar-refractivity contribution in [2.24, 2.45) is 16.5 Å². The van der Waals surface area contributed by atoms with Crippen LogP contribution < -0.4 is 22.1 Å². The van der Waals surface area contributed by atoms with Crippen molar-refractivity contribution in [3.8, 4) is 5.75 Å². The summed E-state index contributed by atoms with van der Waals surface area (Å²) in [6.45, 7) is 1.14. The van der Waals surface area contributed by atoms with Gasteiger partial charge in [0.05, 0.1) is 12.6 Å². The summed E-state index contributed by atoms with van der Waals surface area (Å²) in [6.07, 6.45) is 2.42. The molecule has 3 unspecified atom stereocenters. The maximum atomic E-state index is 13.2. The SMILES string of the molecule is NC(N)=NCCCC1NC(=O)C(C(=O)NCC2CCCO2)N(Cc2ccccc2O)C1=O.